The first-order valence-corrected chi connectivity index (χ1v) is 3.70. The van der Waals surface area contributed by atoms with E-state index in [1.54, 1.807) is 10.2 Å². The van der Waals surface area contributed by atoms with Gasteiger partial charge >= 0.3 is 0 Å². The Morgan fingerprint density at radius 1 is 1.25 bits per heavy atom. The van der Waals surface area contributed by atoms with Gasteiger partial charge in [-0.3, -0.25) is 10.2 Å². The lowest BCUT2D eigenvalue weighted by Crippen LogP contribution is -2.27. The molecule has 4 heteroatoms. The van der Waals surface area contributed by atoms with Crippen LogP contribution in [0.5, 0.6) is 0 Å². The van der Waals surface area contributed by atoms with Gasteiger partial charge in [-0.2, -0.15) is 0 Å². The van der Waals surface area contributed by atoms with Gasteiger partial charge in [-0.15, -0.1) is 0 Å². The van der Waals surface area contributed by atoms with E-state index in [0.717, 1.165) is 5.69 Å². The van der Waals surface area contributed by atoms with E-state index in [2.05, 4.69) is 10.5 Å². The van der Waals surface area contributed by atoms with Gasteiger partial charge < -0.3 is 10.5 Å². The molecule has 1 aliphatic heterocycles. The van der Waals surface area contributed by atoms with Gasteiger partial charge in [-0.05, 0) is 12.1 Å². The second-order valence-electron chi connectivity index (χ2n) is 2.46. The molecule has 0 aromatic heterocycles. The maximum Gasteiger partial charge on any atom is 0.0616 e. The van der Waals surface area contributed by atoms with Crippen LogP contribution in [-0.4, -0.2) is 18.5 Å². The molecule has 0 saturated carbocycles. The van der Waals surface area contributed by atoms with E-state index in [0.29, 0.717) is 0 Å². The van der Waals surface area contributed by atoms with Gasteiger partial charge in [0.05, 0.1) is 5.69 Å². The number of hydrogen-bond acceptors (Lipinski definition) is 3. The van der Waals surface area contributed by atoms with E-state index in [9.17, 15) is 0 Å². The zero-order valence-electron chi connectivity index (χ0n) is 6.75. The maximum absolute atomic E-state index is 4.05. The summed E-state index contributed by atoms with van der Waals surface area (Å²) in [4.78, 5) is 0. The Bertz CT molecular complexity index is 282. The predicted octanol–water partition coefficient (Wildman–Crippen LogP) is 1.59. The molecule has 0 saturated heterocycles. The summed E-state index contributed by atoms with van der Waals surface area (Å²) in [7, 11) is 1.85. The van der Waals surface area contributed by atoms with E-state index in [1.807, 2.05) is 37.4 Å². The van der Waals surface area contributed by atoms with Crippen molar-refractivity contribution >= 4 is 12.0 Å². The van der Waals surface area contributed by atoms with Crippen LogP contribution in [0.25, 0.3) is 5.43 Å². The molecule has 0 atom stereocenters. The van der Waals surface area contributed by atoms with Crippen molar-refractivity contribution in [3.05, 3.63) is 35.8 Å². The normalized spacial score (nSPS) is 15.1. The average Bonchev–Trinajstić information content (AvgIpc) is 2.53. The molecule has 1 aliphatic rings. The highest BCUT2D eigenvalue weighted by molar-refractivity contribution is 5.77. The summed E-state index contributed by atoms with van der Waals surface area (Å²) in [6.07, 6.45) is 1.52. The molecule has 2 rings (SSSR count). The molecule has 0 amide bonds. The highest BCUT2D eigenvalue weighted by Crippen LogP contribution is 2.20. The maximum atomic E-state index is 4.05. The van der Waals surface area contributed by atoms with Gasteiger partial charge in [0.15, 0.2) is 0 Å². The van der Waals surface area contributed by atoms with Crippen LogP contribution in [0.2, 0.25) is 0 Å². The molecular weight excluding hydrogens is 152 g/mol. The molecule has 0 bridgehead atoms. The van der Waals surface area contributed by atoms with Crippen LogP contribution >= 0.6 is 0 Å². The molecule has 0 spiro atoms. The Labute approximate surface area is 71.0 Å². The van der Waals surface area contributed by atoms with Crippen molar-refractivity contribution < 1.29 is 0 Å². The van der Waals surface area contributed by atoms with Gasteiger partial charge in [0.1, 0.15) is 0 Å². The number of hydrazone groups is 1. The van der Waals surface area contributed by atoms with Gasteiger partial charge in [0.2, 0.25) is 0 Å². The van der Waals surface area contributed by atoms with Gasteiger partial charge in [0, 0.05) is 7.05 Å². The molecule has 0 N–H and O–H groups in total. The standard InChI is InChI=1S/C8H9N4/c1-11-9-7-10-12(11)8-5-3-2-4-6-8/h2-7H,1H3/q-1. The van der Waals surface area contributed by atoms with E-state index >= 15 is 0 Å². The van der Waals surface area contributed by atoms with Crippen molar-refractivity contribution in [2.75, 3.05) is 12.2 Å². The van der Waals surface area contributed by atoms with Crippen molar-refractivity contribution in [2.24, 2.45) is 5.10 Å². The van der Waals surface area contributed by atoms with Crippen LogP contribution in [0.4, 0.5) is 5.69 Å². The highest BCUT2D eigenvalue weighted by atomic mass is 15.9. The highest BCUT2D eigenvalue weighted by Gasteiger charge is 2.03. The molecule has 12 heavy (non-hydrogen) atoms. The third-order valence-corrected chi connectivity index (χ3v) is 1.64. The quantitative estimate of drug-likeness (QED) is 0.626. The fraction of sp³-hybridized carbons (Fsp3) is 0.125. The molecule has 1 aromatic carbocycles. The topological polar surface area (TPSA) is 32.9 Å². The minimum absolute atomic E-state index is 1.01. The summed E-state index contributed by atoms with van der Waals surface area (Å²) in [5, 5.41) is 7.36. The van der Waals surface area contributed by atoms with Crippen LogP contribution in [0, 0.1) is 0 Å². The van der Waals surface area contributed by atoms with Gasteiger partial charge in [-0.25, -0.2) is 0 Å². The summed E-state index contributed by atoms with van der Waals surface area (Å²) in [5.41, 5.74) is 5.07. The Kier molecular flexibility index (Phi) is 1.59. The van der Waals surface area contributed by atoms with Crippen LogP contribution in [0.15, 0.2) is 35.4 Å². The molecule has 0 fully saturated rings. The first-order valence-electron chi connectivity index (χ1n) is 3.70. The second kappa shape index (κ2) is 2.73. The minimum Gasteiger partial charge on any atom is -0.365 e. The van der Waals surface area contributed by atoms with Crippen LogP contribution in [-0.2, 0) is 0 Å². The summed E-state index contributed by atoms with van der Waals surface area (Å²) in [6.45, 7) is 0. The average molecular weight is 161 g/mol. The number of nitrogens with zero attached hydrogens (tertiary/aromatic N) is 4. The molecule has 1 heterocycles. The molecule has 0 unspecified atom stereocenters. The summed E-state index contributed by atoms with van der Waals surface area (Å²) < 4.78 is 0. The summed E-state index contributed by atoms with van der Waals surface area (Å²) >= 11 is 0. The second-order valence-corrected chi connectivity index (χ2v) is 2.46. The molecule has 62 valence electrons. The Hall–Kier alpha value is -1.71. The molecule has 1 aromatic rings. The molecule has 0 radical (unpaired) electrons. The molecule has 4 nitrogen and oxygen atoms in total. The monoisotopic (exact) mass is 161 g/mol. The lowest BCUT2D eigenvalue weighted by atomic mass is 10.3. The number of hydrazine groups is 1. The minimum atomic E-state index is 1.01. The van der Waals surface area contributed by atoms with E-state index in [1.165, 1.54) is 6.34 Å². The lowest BCUT2D eigenvalue weighted by molar-refractivity contribution is 0.372. The Morgan fingerprint density at radius 3 is 2.58 bits per heavy atom. The van der Waals surface area contributed by atoms with Crippen molar-refractivity contribution in [1.29, 1.82) is 0 Å². The zero-order valence-corrected chi connectivity index (χ0v) is 6.75. The van der Waals surface area contributed by atoms with Crippen molar-refractivity contribution in [1.82, 2.24) is 5.12 Å². The Morgan fingerprint density at radius 2 is 2.00 bits per heavy atom. The summed E-state index contributed by atoms with van der Waals surface area (Å²) in [5.74, 6) is 0. The van der Waals surface area contributed by atoms with Crippen molar-refractivity contribution in [3.63, 3.8) is 0 Å². The summed E-state index contributed by atoms with van der Waals surface area (Å²) in [6, 6.07) is 9.87. The Balaban J connectivity index is 2.22. The third-order valence-electron chi connectivity index (χ3n) is 1.64. The SMILES string of the molecule is CN1N=C[N-]N1c1ccccc1. The molecular formula is C8H9N4-. The predicted molar refractivity (Wildman–Crippen MR) is 48.5 cm³/mol. The van der Waals surface area contributed by atoms with Crippen molar-refractivity contribution in [2.45, 2.75) is 0 Å². The molecule has 0 aliphatic carbocycles. The van der Waals surface area contributed by atoms with Crippen LogP contribution in [0.3, 0.4) is 0 Å². The fourth-order valence-electron chi connectivity index (χ4n) is 1.07. The smallest absolute Gasteiger partial charge is 0.0616 e. The first kappa shape index (κ1) is 6.97. The lowest BCUT2D eigenvalue weighted by Gasteiger charge is -2.32. The zero-order chi connectivity index (χ0) is 8.39. The number of anilines is 1. The largest absolute Gasteiger partial charge is 0.365 e. The van der Waals surface area contributed by atoms with Gasteiger partial charge in [-0.1, -0.05) is 24.5 Å². The van der Waals surface area contributed by atoms with E-state index in [4.69, 9.17) is 0 Å². The fourth-order valence-corrected chi connectivity index (χ4v) is 1.07. The first-order chi connectivity index (χ1) is 5.88. The van der Waals surface area contributed by atoms with E-state index in [-0.39, 0.29) is 0 Å². The third kappa shape index (κ3) is 1.07. The van der Waals surface area contributed by atoms with Gasteiger partial charge in [0.25, 0.3) is 0 Å². The van der Waals surface area contributed by atoms with Crippen LogP contribution < -0.4 is 5.12 Å². The number of para-hydroxylation sites is 1. The van der Waals surface area contributed by atoms with Crippen LogP contribution in [0.1, 0.15) is 0 Å². The number of benzene rings is 1. The van der Waals surface area contributed by atoms with E-state index < -0.39 is 0 Å². The number of hydrogen-bond donors (Lipinski definition) is 0. The number of rotatable bonds is 1. The van der Waals surface area contributed by atoms with Crippen molar-refractivity contribution in [3.8, 4) is 0 Å².